The Morgan fingerprint density at radius 1 is 1.33 bits per heavy atom. The van der Waals surface area contributed by atoms with E-state index < -0.39 is 11.1 Å². The minimum absolute atomic E-state index is 0.0704. The quantitative estimate of drug-likeness (QED) is 0.634. The molecule has 7 nitrogen and oxygen atoms in total. The first-order valence-electron chi connectivity index (χ1n) is 8.03. The summed E-state index contributed by atoms with van der Waals surface area (Å²) in [6, 6.07) is 10.8. The highest BCUT2D eigenvalue weighted by molar-refractivity contribution is 7.78. The molecule has 0 radical (unpaired) electrons. The van der Waals surface area contributed by atoms with Crippen molar-refractivity contribution in [3.8, 4) is 16.9 Å². The molecule has 1 heterocycles. The fraction of sp³-hybridized carbons (Fsp3) is 0.222. The lowest BCUT2D eigenvalue weighted by Crippen LogP contribution is -2.15. The van der Waals surface area contributed by atoms with Gasteiger partial charge in [0.1, 0.15) is 12.4 Å². The molecule has 0 spiro atoms. The standard InChI is InChI=1S/C18H18ClN3O4S/c1-11-6-16(26-9-17-20-21-18(23)22(17)2)14(8-15(11)19)13-5-3-4-12(7-13)10-27(24)25/h3-8H,9-10H2,1-2H3,(H,21,23)(H,24,25)/p-1. The highest BCUT2D eigenvalue weighted by Crippen LogP contribution is 2.35. The van der Waals surface area contributed by atoms with Gasteiger partial charge in [-0.3, -0.25) is 8.78 Å². The van der Waals surface area contributed by atoms with E-state index in [9.17, 15) is 13.6 Å². The van der Waals surface area contributed by atoms with Gasteiger partial charge in [0.15, 0.2) is 5.82 Å². The first-order valence-corrected chi connectivity index (χ1v) is 9.65. The molecule has 0 bridgehead atoms. The van der Waals surface area contributed by atoms with Crippen LogP contribution < -0.4 is 10.4 Å². The average Bonchev–Trinajstić information content (AvgIpc) is 2.94. The van der Waals surface area contributed by atoms with Crippen molar-refractivity contribution in [3.63, 3.8) is 0 Å². The molecule has 1 N–H and O–H groups in total. The minimum Gasteiger partial charge on any atom is -0.772 e. The van der Waals surface area contributed by atoms with Crippen LogP contribution in [0, 0.1) is 6.92 Å². The van der Waals surface area contributed by atoms with E-state index in [1.54, 1.807) is 37.4 Å². The third-order valence-corrected chi connectivity index (χ3v) is 5.09. The molecule has 1 atom stereocenters. The Morgan fingerprint density at radius 3 is 2.78 bits per heavy atom. The predicted molar refractivity (Wildman–Crippen MR) is 102 cm³/mol. The zero-order chi connectivity index (χ0) is 19.6. The van der Waals surface area contributed by atoms with Crippen molar-refractivity contribution in [3.05, 3.63) is 68.9 Å². The normalized spacial score (nSPS) is 12.1. The minimum atomic E-state index is -2.17. The highest BCUT2D eigenvalue weighted by atomic mass is 35.5. The highest BCUT2D eigenvalue weighted by Gasteiger charge is 2.13. The van der Waals surface area contributed by atoms with E-state index >= 15 is 0 Å². The Kier molecular flexibility index (Phi) is 5.79. The molecule has 2 aromatic carbocycles. The predicted octanol–water partition coefficient (Wildman–Crippen LogP) is 2.70. The van der Waals surface area contributed by atoms with Crippen molar-refractivity contribution in [2.24, 2.45) is 7.05 Å². The van der Waals surface area contributed by atoms with Gasteiger partial charge >= 0.3 is 5.69 Å². The van der Waals surface area contributed by atoms with Gasteiger partial charge in [0.2, 0.25) is 0 Å². The molecule has 0 aliphatic heterocycles. The van der Waals surface area contributed by atoms with Crippen molar-refractivity contribution in [2.45, 2.75) is 19.3 Å². The summed E-state index contributed by atoms with van der Waals surface area (Å²) >= 11 is 4.11. The molecule has 0 fully saturated rings. The summed E-state index contributed by atoms with van der Waals surface area (Å²) in [6.07, 6.45) is 0. The maximum Gasteiger partial charge on any atom is 0.343 e. The number of nitrogens with one attached hydrogen (secondary N) is 1. The molecule has 0 aliphatic carbocycles. The van der Waals surface area contributed by atoms with Crippen molar-refractivity contribution >= 4 is 22.7 Å². The second-order valence-corrected chi connectivity index (χ2v) is 7.34. The van der Waals surface area contributed by atoms with Crippen LogP contribution in [0.1, 0.15) is 17.0 Å². The van der Waals surface area contributed by atoms with Crippen molar-refractivity contribution < 1.29 is 13.5 Å². The molecule has 1 unspecified atom stereocenters. The topological polar surface area (TPSA) is 100 Å². The molecule has 0 aliphatic rings. The Labute approximate surface area is 163 Å². The average molecular weight is 407 g/mol. The number of hydrogen-bond acceptors (Lipinski definition) is 5. The third kappa shape index (κ3) is 4.47. The van der Waals surface area contributed by atoms with Gasteiger partial charge in [0.25, 0.3) is 0 Å². The van der Waals surface area contributed by atoms with E-state index in [0.717, 1.165) is 16.7 Å². The summed E-state index contributed by atoms with van der Waals surface area (Å²) in [7, 11) is 1.60. The number of hydrogen-bond donors (Lipinski definition) is 1. The first kappa shape index (κ1) is 19.3. The summed E-state index contributed by atoms with van der Waals surface area (Å²) in [5.41, 5.74) is 2.69. The molecule has 3 aromatic rings. The maximum absolute atomic E-state index is 11.5. The lowest BCUT2D eigenvalue weighted by molar-refractivity contribution is 0.292. The lowest BCUT2D eigenvalue weighted by atomic mass is 10.0. The molecule has 142 valence electrons. The van der Waals surface area contributed by atoms with Gasteiger partial charge in [-0.1, -0.05) is 46.9 Å². The summed E-state index contributed by atoms with van der Waals surface area (Å²) < 4.78 is 29.3. The number of nitrogens with zero attached hydrogens (tertiary/aromatic N) is 2. The number of aromatic amines is 1. The molecule has 0 saturated heterocycles. The number of aromatic nitrogens is 3. The fourth-order valence-electron chi connectivity index (χ4n) is 2.62. The molecular formula is C18H17ClN3O4S-. The van der Waals surface area contributed by atoms with Crippen LogP contribution in [0.3, 0.4) is 0 Å². The lowest BCUT2D eigenvalue weighted by Gasteiger charge is -2.15. The molecule has 0 saturated carbocycles. The van der Waals surface area contributed by atoms with Crippen molar-refractivity contribution in [1.82, 2.24) is 14.8 Å². The van der Waals surface area contributed by atoms with Crippen LogP contribution in [0.2, 0.25) is 5.02 Å². The second-order valence-electron chi connectivity index (χ2n) is 6.04. The molecule has 0 amide bonds. The van der Waals surface area contributed by atoms with Gasteiger partial charge in [-0.05, 0) is 35.7 Å². The van der Waals surface area contributed by atoms with Crippen LogP contribution in [-0.4, -0.2) is 23.5 Å². The van der Waals surface area contributed by atoms with Gasteiger partial charge < -0.3 is 9.29 Å². The van der Waals surface area contributed by atoms with Crippen LogP contribution in [0.5, 0.6) is 5.75 Å². The molecule has 1 aromatic heterocycles. The molecule has 27 heavy (non-hydrogen) atoms. The summed E-state index contributed by atoms with van der Waals surface area (Å²) in [5, 5.41) is 6.86. The zero-order valence-corrected chi connectivity index (χ0v) is 16.3. The number of ether oxygens (including phenoxy) is 1. The van der Waals surface area contributed by atoms with Crippen LogP contribution >= 0.6 is 11.6 Å². The van der Waals surface area contributed by atoms with Crippen LogP contribution in [0.4, 0.5) is 0 Å². The summed E-state index contributed by atoms with van der Waals surface area (Å²) in [6.45, 7) is 1.95. The van der Waals surface area contributed by atoms with E-state index in [1.165, 1.54) is 4.57 Å². The number of aryl methyl sites for hydroxylation is 1. The van der Waals surface area contributed by atoms with Gasteiger partial charge in [-0.25, -0.2) is 9.89 Å². The Bertz CT molecular complexity index is 1060. The Morgan fingerprint density at radius 2 is 2.11 bits per heavy atom. The monoisotopic (exact) mass is 406 g/mol. The van der Waals surface area contributed by atoms with Crippen LogP contribution in [0.15, 0.2) is 41.2 Å². The number of H-pyrrole nitrogens is 1. The van der Waals surface area contributed by atoms with E-state index in [2.05, 4.69) is 10.2 Å². The maximum atomic E-state index is 11.5. The largest absolute Gasteiger partial charge is 0.772 e. The van der Waals surface area contributed by atoms with Crippen LogP contribution in [0.25, 0.3) is 11.1 Å². The van der Waals surface area contributed by atoms with E-state index in [-0.39, 0.29) is 18.0 Å². The zero-order valence-electron chi connectivity index (χ0n) is 14.7. The first-order chi connectivity index (χ1) is 12.8. The van der Waals surface area contributed by atoms with Crippen molar-refractivity contribution in [2.75, 3.05) is 0 Å². The van der Waals surface area contributed by atoms with E-state index in [4.69, 9.17) is 16.3 Å². The number of rotatable bonds is 6. The van der Waals surface area contributed by atoms with E-state index in [1.807, 2.05) is 13.0 Å². The van der Waals surface area contributed by atoms with E-state index in [0.29, 0.717) is 22.2 Å². The number of benzene rings is 2. The van der Waals surface area contributed by atoms with Crippen LogP contribution in [-0.2, 0) is 30.5 Å². The SMILES string of the molecule is Cc1cc(OCc2n[nH]c(=O)n2C)c(-c2cccc(CS(=O)[O-])c2)cc1Cl. The van der Waals surface area contributed by atoms with Gasteiger partial charge in [-0.15, -0.1) is 0 Å². The second kappa shape index (κ2) is 8.08. The smallest absolute Gasteiger partial charge is 0.343 e. The van der Waals surface area contributed by atoms with Crippen molar-refractivity contribution in [1.29, 1.82) is 0 Å². The number of halogens is 1. The Hall–Kier alpha value is -2.42. The molecule has 3 rings (SSSR count). The summed E-state index contributed by atoms with van der Waals surface area (Å²) in [5.74, 6) is 0.945. The fourth-order valence-corrected chi connectivity index (χ4v) is 3.23. The molecule has 9 heteroatoms. The Balaban J connectivity index is 1.97. The summed E-state index contributed by atoms with van der Waals surface area (Å²) in [4.78, 5) is 11.5. The van der Waals surface area contributed by atoms with Gasteiger partial charge in [0, 0.05) is 23.4 Å². The third-order valence-electron chi connectivity index (χ3n) is 4.11. The van der Waals surface area contributed by atoms with Gasteiger partial charge in [-0.2, -0.15) is 5.10 Å². The molecular weight excluding hydrogens is 390 g/mol. The van der Waals surface area contributed by atoms with Gasteiger partial charge in [0.05, 0.1) is 0 Å².